The minimum atomic E-state index is 0.607. The molecule has 6 heterocycles. The first-order valence-electron chi connectivity index (χ1n) is 35.2. The molecule has 0 aliphatic carbocycles. The third-order valence-electron chi connectivity index (χ3n) is 21.3. The standard InChI is InChI=1S/C96H56N6OS/c1-4-18-57(19-5-1)66-32-39-73-79-46-60-24-10-12-26-62(60)50-87(79)101(85(73)52-66)95-97-84-45-38-65(49-82(84)94(99-95)59-22-8-3-9-23-59)68-34-42-77-78-43-36-70(56-92(78)104-91(77)55-68)72-29-15-14-28-71(72)69-35-40-74-80-47-61-25-11-13-27-63(61)51-88(80)102(86(74)53-69)96-98-83-44-37-64(48-81(83)93(100-96)58-20-6-2-7-21-58)67-33-41-76-75-30-16-17-31-89(75)103-90(76)54-67/h1-56H. The average molecular weight is 1340 g/mol. The van der Waals surface area contributed by atoms with Gasteiger partial charge >= 0.3 is 0 Å². The fraction of sp³-hybridized carbons (Fsp3) is 0. The van der Waals surface area contributed by atoms with Gasteiger partial charge in [-0.15, -0.1) is 11.3 Å². The van der Waals surface area contributed by atoms with E-state index in [9.17, 15) is 0 Å². The van der Waals surface area contributed by atoms with Crippen LogP contribution in [0, 0.1) is 0 Å². The van der Waals surface area contributed by atoms with Gasteiger partial charge in [-0.05, 0) is 168 Å². The van der Waals surface area contributed by atoms with E-state index in [2.05, 4.69) is 337 Å². The predicted molar refractivity (Wildman–Crippen MR) is 435 cm³/mol. The quantitative estimate of drug-likeness (QED) is 0.144. The lowest BCUT2D eigenvalue weighted by molar-refractivity contribution is 0.669. The van der Waals surface area contributed by atoms with Crippen LogP contribution in [-0.4, -0.2) is 29.1 Å². The number of fused-ring (bicyclic) bond motifs is 16. The normalized spacial score (nSPS) is 12.0. The molecule has 0 aliphatic rings. The first kappa shape index (κ1) is 58.2. The lowest BCUT2D eigenvalue weighted by Crippen LogP contribution is -2.04. The monoisotopic (exact) mass is 1340 g/mol. The van der Waals surface area contributed by atoms with Crippen LogP contribution in [0.4, 0.5) is 0 Å². The van der Waals surface area contributed by atoms with Crippen molar-refractivity contribution in [3.63, 3.8) is 0 Å². The lowest BCUT2D eigenvalue weighted by atomic mass is 9.93. The number of benzene rings is 16. The molecule has 0 saturated carbocycles. The highest BCUT2D eigenvalue weighted by atomic mass is 32.1. The zero-order valence-corrected chi connectivity index (χ0v) is 56.6. The summed E-state index contributed by atoms with van der Waals surface area (Å²) in [6.07, 6.45) is 0. The van der Waals surface area contributed by atoms with Gasteiger partial charge in [0, 0.05) is 74.4 Å². The molecule has 0 aliphatic heterocycles. The molecule has 0 fully saturated rings. The van der Waals surface area contributed by atoms with Crippen LogP contribution >= 0.6 is 11.3 Å². The van der Waals surface area contributed by atoms with E-state index >= 15 is 0 Å². The first-order chi connectivity index (χ1) is 51.5. The van der Waals surface area contributed by atoms with Gasteiger partial charge in [-0.25, -0.2) is 19.9 Å². The minimum absolute atomic E-state index is 0.607. The number of rotatable bonds is 9. The van der Waals surface area contributed by atoms with Crippen LogP contribution in [0.2, 0.25) is 0 Å². The number of hydrogen-bond acceptors (Lipinski definition) is 6. The molecule has 22 aromatic rings. The Balaban J connectivity index is 0.644. The molecule has 482 valence electrons. The summed E-state index contributed by atoms with van der Waals surface area (Å²) in [6, 6.07) is 123. The minimum Gasteiger partial charge on any atom is -0.456 e. The number of aromatic nitrogens is 6. The Morgan fingerprint density at radius 2 is 0.596 bits per heavy atom. The Kier molecular flexibility index (Phi) is 12.8. The number of hydrogen-bond donors (Lipinski definition) is 0. The number of furan rings is 1. The summed E-state index contributed by atoms with van der Waals surface area (Å²) >= 11 is 1.84. The Hall–Kier alpha value is -13.7. The molecular weight excluding hydrogens is 1290 g/mol. The number of thiophene rings is 1. The second kappa shape index (κ2) is 22.9. The van der Waals surface area contributed by atoms with Gasteiger partial charge in [0.15, 0.2) is 0 Å². The summed E-state index contributed by atoms with van der Waals surface area (Å²) in [7, 11) is 0. The van der Waals surface area contributed by atoms with Crippen molar-refractivity contribution < 1.29 is 4.42 Å². The Labute approximate surface area is 599 Å². The highest BCUT2D eigenvalue weighted by Gasteiger charge is 2.24. The topological polar surface area (TPSA) is 74.6 Å². The molecule has 22 rings (SSSR count). The van der Waals surface area contributed by atoms with Gasteiger partial charge in [-0.3, -0.25) is 9.13 Å². The van der Waals surface area contributed by atoms with E-state index in [1.165, 1.54) is 36.3 Å². The molecular formula is C96H56N6OS. The summed E-state index contributed by atoms with van der Waals surface area (Å²) in [5.74, 6) is 1.24. The second-order valence-corrected chi connectivity index (χ2v) is 28.3. The molecule has 0 saturated heterocycles. The van der Waals surface area contributed by atoms with Gasteiger partial charge in [0.1, 0.15) is 11.2 Å². The van der Waals surface area contributed by atoms with Crippen LogP contribution in [0.3, 0.4) is 0 Å². The SMILES string of the molecule is c1ccc(-c2ccc3c4cc5ccccc5cc4n(-c4nc(-c5ccccc5)c5cc(-c6ccc7c(c6)sc6cc(-c8ccccc8-c8ccc9c%10cc%11ccccc%11cc%10n(-c%10nc(-c%11ccccc%11)c%11cc(-c%12ccc%13c(c%12)oc%12ccccc%12%13)ccc%11n%10)c9c8)ccc67)ccc5n4)c3c2)cc1. The van der Waals surface area contributed by atoms with Crippen LogP contribution in [0.25, 0.3) is 219 Å². The van der Waals surface area contributed by atoms with Crippen LogP contribution in [0.5, 0.6) is 0 Å². The maximum atomic E-state index is 6.38. The third-order valence-corrected chi connectivity index (χ3v) is 22.4. The van der Waals surface area contributed by atoms with Gasteiger partial charge in [0.25, 0.3) is 0 Å². The molecule has 0 bridgehead atoms. The largest absolute Gasteiger partial charge is 0.456 e. The van der Waals surface area contributed by atoms with Crippen molar-refractivity contribution in [3.05, 3.63) is 340 Å². The Bertz CT molecular complexity index is 7350. The van der Waals surface area contributed by atoms with E-state index in [1.54, 1.807) is 0 Å². The molecule has 0 amide bonds. The molecule has 8 heteroatoms. The molecule has 0 atom stereocenters. The van der Waals surface area contributed by atoms with E-state index in [4.69, 9.17) is 24.4 Å². The van der Waals surface area contributed by atoms with E-state index < -0.39 is 0 Å². The van der Waals surface area contributed by atoms with Crippen molar-refractivity contribution in [1.82, 2.24) is 29.1 Å². The van der Waals surface area contributed by atoms with Crippen LogP contribution < -0.4 is 0 Å². The summed E-state index contributed by atoms with van der Waals surface area (Å²) in [4.78, 5) is 22.3. The fourth-order valence-corrected chi connectivity index (χ4v) is 17.4. The predicted octanol–water partition coefficient (Wildman–Crippen LogP) is 26.0. The fourth-order valence-electron chi connectivity index (χ4n) is 16.3. The summed E-state index contributed by atoms with van der Waals surface area (Å²) in [6.45, 7) is 0. The van der Waals surface area contributed by atoms with Crippen molar-refractivity contribution in [1.29, 1.82) is 0 Å². The highest BCUT2D eigenvalue weighted by molar-refractivity contribution is 7.25. The first-order valence-corrected chi connectivity index (χ1v) is 36.0. The number of para-hydroxylation sites is 1. The Morgan fingerprint density at radius 1 is 0.221 bits per heavy atom. The van der Waals surface area contributed by atoms with Gasteiger partial charge in [0.2, 0.25) is 11.9 Å². The summed E-state index contributed by atoms with van der Waals surface area (Å²) < 4.78 is 13.4. The molecule has 0 radical (unpaired) electrons. The molecule has 16 aromatic carbocycles. The zero-order chi connectivity index (χ0) is 68.1. The maximum Gasteiger partial charge on any atom is 0.235 e. The van der Waals surface area contributed by atoms with Crippen molar-refractivity contribution >= 4 is 140 Å². The molecule has 7 nitrogen and oxygen atoms in total. The van der Waals surface area contributed by atoms with E-state index in [1.807, 2.05) is 23.5 Å². The summed E-state index contributed by atoms with van der Waals surface area (Å²) in [5, 5.41) is 15.9. The summed E-state index contributed by atoms with van der Waals surface area (Å²) in [5.41, 5.74) is 22.7. The van der Waals surface area contributed by atoms with Crippen molar-refractivity contribution in [2.75, 3.05) is 0 Å². The van der Waals surface area contributed by atoms with Crippen molar-refractivity contribution in [2.45, 2.75) is 0 Å². The third kappa shape index (κ3) is 9.29. The average Bonchev–Trinajstić information content (AvgIpc) is 1.54. The van der Waals surface area contributed by atoms with E-state index in [-0.39, 0.29) is 0 Å². The zero-order valence-electron chi connectivity index (χ0n) is 55.8. The molecule has 0 unspecified atom stereocenters. The second-order valence-electron chi connectivity index (χ2n) is 27.3. The van der Waals surface area contributed by atoms with Crippen molar-refractivity contribution in [3.8, 4) is 90.0 Å². The lowest BCUT2D eigenvalue weighted by Gasteiger charge is -2.14. The van der Waals surface area contributed by atoms with Gasteiger partial charge in [-0.2, -0.15) is 0 Å². The van der Waals surface area contributed by atoms with Gasteiger partial charge in [-0.1, -0.05) is 249 Å². The number of nitrogens with zero attached hydrogens (tertiary/aromatic N) is 6. The van der Waals surface area contributed by atoms with Crippen molar-refractivity contribution in [2.24, 2.45) is 0 Å². The van der Waals surface area contributed by atoms with E-state index in [0.717, 1.165) is 171 Å². The molecule has 6 aromatic heterocycles. The maximum absolute atomic E-state index is 6.38. The smallest absolute Gasteiger partial charge is 0.235 e. The highest BCUT2D eigenvalue weighted by Crippen LogP contribution is 2.46. The van der Waals surface area contributed by atoms with E-state index in [0.29, 0.717) is 11.9 Å². The molecule has 104 heavy (non-hydrogen) atoms. The molecule has 0 spiro atoms. The van der Waals surface area contributed by atoms with Crippen LogP contribution in [0.15, 0.2) is 344 Å². The van der Waals surface area contributed by atoms with Gasteiger partial charge in [0.05, 0.1) is 44.5 Å². The molecule has 0 N–H and O–H groups in total. The van der Waals surface area contributed by atoms with Gasteiger partial charge < -0.3 is 4.42 Å². The Morgan fingerprint density at radius 3 is 1.14 bits per heavy atom. The van der Waals surface area contributed by atoms with Crippen LogP contribution in [-0.2, 0) is 0 Å². The van der Waals surface area contributed by atoms with Crippen LogP contribution in [0.1, 0.15) is 0 Å².